The minimum Gasteiger partial charge on any atom is -0.492 e. The van der Waals surface area contributed by atoms with Gasteiger partial charge in [-0.15, -0.1) is 0 Å². The summed E-state index contributed by atoms with van der Waals surface area (Å²) >= 11 is 0. The first-order chi connectivity index (χ1) is 47.8. The van der Waals surface area contributed by atoms with Gasteiger partial charge in [0, 0.05) is 16.7 Å². The van der Waals surface area contributed by atoms with Crippen LogP contribution >= 0.6 is 0 Å². The molecule has 3 spiro atoms. The van der Waals surface area contributed by atoms with Gasteiger partial charge in [0.1, 0.15) is 23.9 Å². The molecule has 0 aromatic heterocycles. The van der Waals surface area contributed by atoms with Crippen molar-refractivity contribution in [1.29, 1.82) is 0 Å². The maximum absolute atomic E-state index is 13.3. The number of ether oxygens (including phenoxy) is 1. The molecule has 5 amide bonds. The van der Waals surface area contributed by atoms with Crippen molar-refractivity contribution in [1.82, 2.24) is 58.8 Å². The standard InChI is InChI=1S/C21H28N8O5.C21H27N7O6.C20H26N8O5/c1-34-28-17(31)14-15-20(27-18(22)26-15)21(32,33)13(9-29(20)19(23)25-14)24-16(30)12-8-4-6-10-5-2-3-7-11(10)12;1-19(2)6-7-34-13-9(4-3-5-10(13)19)15(29)24-11-8-28-18(23)25-12(16(30)31)14-20(28,21(11,32)33)27-17(22)26-14;21-17-25-14-13(16(30)27-33)24-18(22)28-8-12(20(31,32)19(14,28)26-17)23-15(29)11-7-3-5-9-4-1-2-6-10(9)11/h4,6,8,13-15,32-33H,2-3,5,7,9H2,1H3,(H7,22,23,24,25,26,27,28,30,31);3-5,11-12,14,32-33H,6-8H2,1-2H3,(H7,22,23,24,25,26,27,29,30,31);3,5,7,12-14,31-32H,1-2,4,6,8H2,(H8,21,22,23,24,25,26,27,29,30,33)/p+6/t13-,14?,15-,20-;11-,12?,14-,20-;12-,13?,14-,19-/m000/s1. The molecule has 3 fully saturated rings. The molecule has 3 aromatic carbocycles. The van der Waals surface area contributed by atoms with Crippen LogP contribution in [0.4, 0.5) is 0 Å². The molecule has 10 heterocycles. The molecule has 3 unspecified atom stereocenters. The van der Waals surface area contributed by atoms with Crippen LogP contribution in [-0.2, 0) is 50.3 Å². The van der Waals surface area contributed by atoms with Crippen LogP contribution in [-0.4, -0.2) is 248 Å². The van der Waals surface area contributed by atoms with Crippen molar-refractivity contribution < 1.29 is 108 Å². The van der Waals surface area contributed by atoms with Crippen molar-refractivity contribution in [2.45, 2.75) is 166 Å². The van der Waals surface area contributed by atoms with E-state index in [1.165, 1.54) is 20.8 Å². The van der Waals surface area contributed by atoms with Crippen molar-refractivity contribution >= 4 is 71.3 Å². The first-order valence-corrected chi connectivity index (χ1v) is 33.1. The first-order valence-electron chi connectivity index (χ1n) is 33.1. The second-order valence-corrected chi connectivity index (χ2v) is 27.8. The maximum Gasteiger partial charge on any atom is 0.347 e. The molecule has 10 aliphatic heterocycles. The Hall–Kier alpha value is -10.4. The number of carboxylic acid groups (broad SMARTS) is 1. The van der Waals surface area contributed by atoms with Gasteiger partial charge in [-0.2, -0.15) is 0 Å². The van der Waals surface area contributed by atoms with Crippen molar-refractivity contribution in [2.75, 3.05) is 33.4 Å². The van der Waals surface area contributed by atoms with Crippen molar-refractivity contribution in [3.63, 3.8) is 0 Å². The lowest BCUT2D eigenvalue weighted by atomic mass is 9.79. The average Bonchev–Trinajstić information content (AvgIpc) is 1.54. The molecule has 39 heteroatoms. The van der Waals surface area contributed by atoms with Gasteiger partial charge < -0.3 is 56.4 Å². The zero-order valence-corrected chi connectivity index (χ0v) is 55.2. The van der Waals surface area contributed by atoms with Crippen LogP contribution in [0.2, 0.25) is 0 Å². The second kappa shape index (κ2) is 24.7. The van der Waals surface area contributed by atoms with Crippen molar-refractivity contribution in [3.05, 3.63) is 99.1 Å². The van der Waals surface area contributed by atoms with E-state index in [1.807, 2.05) is 30.3 Å². The van der Waals surface area contributed by atoms with Gasteiger partial charge in [-0.1, -0.05) is 50.2 Å². The van der Waals surface area contributed by atoms with Gasteiger partial charge in [-0.25, -0.2) is 45.4 Å². The fourth-order valence-corrected chi connectivity index (χ4v) is 17.0. The highest BCUT2D eigenvalue weighted by molar-refractivity contribution is 5.99. The fourth-order valence-electron chi connectivity index (χ4n) is 17.0. The second-order valence-electron chi connectivity index (χ2n) is 27.8. The molecule has 3 aromatic rings. The van der Waals surface area contributed by atoms with Crippen molar-refractivity contribution in [2.24, 2.45) is 34.4 Å². The quantitative estimate of drug-likeness (QED) is 0.0388. The van der Waals surface area contributed by atoms with E-state index >= 15 is 0 Å². The number of hydroxylamine groups is 2. The number of benzene rings is 3. The van der Waals surface area contributed by atoms with Crippen LogP contribution in [0.15, 0.2) is 54.6 Å². The number of fused-ring (bicyclic) bond motifs is 3. The lowest BCUT2D eigenvalue weighted by molar-refractivity contribution is -0.672. The number of nitrogens with two attached hydrogens (primary N) is 6. The van der Waals surface area contributed by atoms with E-state index in [9.17, 15) is 64.5 Å². The summed E-state index contributed by atoms with van der Waals surface area (Å²) in [4.78, 5) is 89.9. The molecule has 101 heavy (non-hydrogen) atoms. The molecule has 12 aliphatic rings. The van der Waals surface area contributed by atoms with E-state index in [-0.39, 0.29) is 66.4 Å². The van der Waals surface area contributed by atoms with Crippen molar-refractivity contribution in [3.8, 4) is 5.75 Å². The number of amides is 5. The number of rotatable bonds is 10. The highest BCUT2D eigenvalue weighted by Gasteiger charge is 2.82. The number of hydrogen-bond acceptors (Lipinski definition) is 27. The SMILES string of the molecule is CC1(C)CCOc2c(C(=O)N[C@H]3C[N+]4=C(N)NC(C(=O)O)[C@@H]5[NH+]=C(N)N[C@@]54C3(O)O)cccc21.CONC(=O)C1NC(N)=[N+]2C[C@H](NC(=O)c3cccc4c3CCCC4)C(O)(O)[C@@]23NC(N)=[NH+][C@@H]13.NC1=[NH+][C@H]2C(C(=O)NO)NC(N)=[N+]3C[C@H](NC(=O)c4cccc5c4CCCC5)C(O)(O)[C@]23N1. The molecule has 0 radical (unpaired) electrons. The normalized spacial score (nSPS) is 31.5. The van der Waals surface area contributed by atoms with Gasteiger partial charge in [-0.3, -0.25) is 99.3 Å². The molecule has 34 N–H and O–H groups in total. The lowest BCUT2D eigenvalue weighted by Gasteiger charge is -2.40. The Balaban J connectivity index is 0.000000135. The summed E-state index contributed by atoms with van der Waals surface area (Å²) in [6, 6.07) is 6.07. The molecule has 3 saturated heterocycles. The maximum atomic E-state index is 13.3. The molecule has 0 bridgehead atoms. The third-order valence-corrected chi connectivity index (χ3v) is 21.9. The number of para-hydroxylation sites is 1. The van der Waals surface area contributed by atoms with Gasteiger partial charge in [0.15, 0.2) is 30.2 Å². The minimum absolute atomic E-state index is 0.0119. The van der Waals surface area contributed by atoms with E-state index < -0.39 is 124 Å². The Morgan fingerprint density at radius 3 is 1.34 bits per heavy atom. The van der Waals surface area contributed by atoms with Crippen LogP contribution in [0.3, 0.4) is 0 Å². The Bertz CT molecular complexity index is 4210. The summed E-state index contributed by atoms with van der Waals surface area (Å²) in [7, 11) is 1.28. The number of guanidine groups is 6. The van der Waals surface area contributed by atoms with E-state index in [0.717, 1.165) is 85.6 Å². The number of nitrogens with zero attached hydrogens (tertiary/aromatic N) is 3. The molecule has 540 valence electrons. The zero-order valence-electron chi connectivity index (χ0n) is 55.2. The van der Waals surface area contributed by atoms with Gasteiger partial charge >= 0.3 is 41.7 Å². The summed E-state index contributed by atoms with van der Waals surface area (Å²) in [5.74, 6) is -11.7. The van der Waals surface area contributed by atoms with Crippen LogP contribution in [0.5, 0.6) is 5.75 Å². The third kappa shape index (κ3) is 10.5. The molecule has 39 nitrogen and oxygen atoms in total. The predicted octanol–water partition coefficient (Wildman–Crippen LogP) is -16.4. The molecular formula is C62H87N23O16+6. The first kappa shape index (κ1) is 69.1. The number of aliphatic hydroxyl groups is 6. The number of nitrogens with one attached hydrogen (secondary N) is 14. The topological polar surface area (TPSA) is 622 Å². The van der Waals surface area contributed by atoms with Gasteiger partial charge in [0.05, 0.1) is 38.9 Å². The average molecular weight is 1410 g/mol. The van der Waals surface area contributed by atoms with E-state index in [1.54, 1.807) is 29.7 Å². The molecule has 15 rings (SSSR count). The predicted molar refractivity (Wildman–Crippen MR) is 347 cm³/mol. The highest BCUT2D eigenvalue weighted by Crippen LogP contribution is 2.44. The largest absolute Gasteiger partial charge is 0.492 e. The zero-order chi connectivity index (χ0) is 72.4. The summed E-state index contributed by atoms with van der Waals surface area (Å²) in [5, 5.41) is 112. The number of carboxylic acids is 1. The monoisotopic (exact) mass is 1410 g/mol. The van der Waals surface area contributed by atoms with Crippen LogP contribution in [0.1, 0.15) is 105 Å². The fraction of sp³-hybridized carbons (Fsp3) is 0.516. The molecule has 0 saturated carbocycles. The molecule has 12 atom stereocenters. The Kier molecular flexibility index (Phi) is 16.9. The van der Waals surface area contributed by atoms with Crippen LogP contribution in [0.25, 0.3) is 0 Å². The lowest BCUT2D eigenvalue weighted by Crippen LogP contribution is -2.92. The number of aliphatic carboxylic acids is 1. The van der Waals surface area contributed by atoms with Gasteiger partial charge in [-0.05, 0) is 104 Å². The Labute approximate surface area is 574 Å². The highest BCUT2D eigenvalue weighted by atomic mass is 16.6. The van der Waals surface area contributed by atoms with E-state index in [0.29, 0.717) is 23.5 Å². The van der Waals surface area contributed by atoms with Gasteiger partial charge in [0.25, 0.3) is 63.9 Å². The number of hydrogen-bond donors (Lipinski definition) is 28. The van der Waals surface area contributed by atoms with Crippen LogP contribution in [0, 0.1) is 0 Å². The smallest absolute Gasteiger partial charge is 0.347 e. The van der Waals surface area contributed by atoms with E-state index in [2.05, 4.69) is 82.2 Å². The Morgan fingerprint density at radius 1 is 0.545 bits per heavy atom. The summed E-state index contributed by atoms with van der Waals surface area (Å²) in [5.41, 5.74) is 40.8. The molecule has 2 aliphatic carbocycles. The number of carbonyl (C=O) groups is 6. The van der Waals surface area contributed by atoms with Crippen LogP contribution < -0.4 is 113 Å². The molecular weight excluding hydrogens is 1320 g/mol. The number of aryl methyl sites for hydroxylation is 2. The Morgan fingerprint density at radius 2 is 0.921 bits per heavy atom. The third-order valence-electron chi connectivity index (χ3n) is 21.9. The minimum atomic E-state index is -2.67. The van der Waals surface area contributed by atoms with Gasteiger partial charge in [0.2, 0.25) is 6.04 Å². The summed E-state index contributed by atoms with van der Waals surface area (Å²) < 4.78 is 10.1. The summed E-state index contributed by atoms with van der Waals surface area (Å²) in [6.45, 7) is 4.32. The number of carbonyl (C=O) groups excluding carboxylic acids is 5. The van der Waals surface area contributed by atoms with E-state index in [4.69, 9.17) is 49.2 Å². The summed E-state index contributed by atoms with van der Waals surface area (Å²) in [6.07, 6.45) is 8.31.